The van der Waals surface area contributed by atoms with Crippen LogP contribution in [0.3, 0.4) is 0 Å². The highest BCUT2D eigenvalue weighted by Crippen LogP contribution is 2.21. The number of methoxy groups -OCH3 is 2. The van der Waals surface area contributed by atoms with Gasteiger partial charge < -0.3 is 19.5 Å². The molecule has 1 heterocycles. The molecule has 0 saturated carbocycles. The van der Waals surface area contributed by atoms with E-state index in [0.717, 1.165) is 11.3 Å². The fourth-order valence-corrected chi connectivity index (χ4v) is 3.19. The summed E-state index contributed by atoms with van der Waals surface area (Å²) in [5, 5.41) is 12.5. The highest BCUT2D eigenvalue weighted by atomic mass is 32.1. The molecular weight excluding hydrogens is 446 g/mol. The summed E-state index contributed by atoms with van der Waals surface area (Å²) in [5.74, 6) is 1.16. The van der Waals surface area contributed by atoms with Crippen molar-refractivity contribution < 1.29 is 23.8 Å². The quantitative estimate of drug-likeness (QED) is 0.304. The van der Waals surface area contributed by atoms with Gasteiger partial charge >= 0.3 is 6.09 Å². The molecule has 0 aliphatic carbocycles. The second kappa shape index (κ2) is 11.8. The SMILES string of the molecule is COCCOC(=O)Nc1cccc(NC(=O)CCn2c(-c3ccc(OC)cc3)n[nH]c2=S)c1. The van der Waals surface area contributed by atoms with Gasteiger partial charge in [-0.25, -0.2) is 4.79 Å². The van der Waals surface area contributed by atoms with Gasteiger partial charge in [-0.05, 0) is 54.7 Å². The number of carbonyl (C=O) groups is 2. The fraction of sp³-hybridized carbons (Fsp3) is 0.273. The van der Waals surface area contributed by atoms with E-state index in [-0.39, 0.29) is 18.9 Å². The Balaban J connectivity index is 1.58. The number of nitrogens with zero attached hydrogens (tertiary/aromatic N) is 2. The number of aromatic amines is 1. The topological polar surface area (TPSA) is 120 Å². The number of hydrogen-bond donors (Lipinski definition) is 3. The molecule has 174 valence electrons. The first kappa shape index (κ1) is 24.0. The lowest BCUT2D eigenvalue weighted by Crippen LogP contribution is -2.17. The summed E-state index contributed by atoms with van der Waals surface area (Å²) in [5.41, 5.74) is 1.88. The Hall–Kier alpha value is -3.70. The molecule has 0 fully saturated rings. The van der Waals surface area contributed by atoms with Crippen LogP contribution >= 0.6 is 12.2 Å². The minimum absolute atomic E-state index is 0.147. The molecule has 11 heteroatoms. The predicted octanol–water partition coefficient (Wildman–Crippen LogP) is 3.84. The van der Waals surface area contributed by atoms with Gasteiger partial charge in [-0.2, -0.15) is 5.10 Å². The number of H-pyrrole nitrogens is 1. The first-order valence-corrected chi connectivity index (χ1v) is 10.5. The van der Waals surface area contributed by atoms with Crippen LogP contribution in [0.15, 0.2) is 48.5 Å². The van der Waals surface area contributed by atoms with Crippen LogP contribution in [0, 0.1) is 4.77 Å². The Morgan fingerprint density at radius 2 is 1.79 bits per heavy atom. The van der Waals surface area contributed by atoms with E-state index in [1.807, 2.05) is 24.3 Å². The first-order chi connectivity index (χ1) is 16.0. The lowest BCUT2D eigenvalue weighted by atomic mass is 10.2. The van der Waals surface area contributed by atoms with Crippen molar-refractivity contribution in [3.05, 3.63) is 53.3 Å². The van der Waals surface area contributed by atoms with E-state index < -0.39 is 6.09 Å². The second-order valence-electron chi connectivity index (χ2n) is 6.87. The molecule has 2 aromatic carbocycles. The number of carbonyl (C=O) groups excluding carboxylic acids is 2. The molecule has 0 aliphatic rings. The molecule has 33 heavy (non-hydrogen) atoms. The maximum atomic E-state index is 12.5. The predicted molar refractivity (Wildman–Crippen MR) is 126 cm³/mol. The molecule has 3 aromatic rings. The molecule has 2 amide bonds. The number of benzene rings is 2. The maximum Gasteiger partial charge on any atom is 0.411 e. The van der Waals surface area contributed by atoms with E-state index in [1.54, 1.807) is 35.9 Å². The van der Waals surface area contributed by atoms with E-state index in [9.17, 15) is 9.59 Å². The van der Waals surface area contributed by atoms with E-state index in [2.05, 4.69) is 20.8 Å². The van der Waals surface area contributed by atoms with Crippen molar-refractivity contribution in [2.75, 3.05) is 38.1 Å². The van der Waals surface area contributed by atoms with Crippen molar-refractivity contribution in [3.8, 4) is 17.1 Å². The summed E-state index contributed by atoms with van der Waals surface area (Å²) in [7, 11) is 3.12. The third kappa shape index (κ3) is 6.89. The van der Waals surface area contributed by atoms with Gasteiger partial charge in [-0.1, -0.05) is 6.07 Å². The Kier molecular flexibility index (Phi) is 8.56. The zero-order valence-electron chi connectivity index (χ0n) is 18.3. The number of hydrogen-bond acceptors (Lipinski definition) is 7. The van der Waals surface area contributed by atoms with Gasteiger partial charge in [-0.3, -0.25) is 19.8 Å². The molecule has 10 nitrogen and oxygen atoms in total. The number of aromatic nitrogens is 3. The van der Waals surface area contributed by atoms with Crippen molar-refractivity contribution >= 4 is 35.6 Å². The molecule has 0 atom stereocenters. The maximum absolute atomic E-state index is 12.5. The van der Waals surface area contributed by atoms with Crippen molar-refractivity contribution in [3.63, 3.8) is 0 Å². The molecule has 3 N–H and O–H groups in total. The first-order valence-electron chi connectivity index (χ1n) is 10.1. The zero-order valence-corrected chi connectivity index (χ0v) is 19.1. The number of amides is 2. The summed E-state index contributed by atoms with van der Waals surface area (Å²) < 4.78 is 17.2. The van der Waals surface area contributed by atoms with Crippen molar-refractivity contribution in [2.45, 2.75) is 13.0 Å². The van der Waals surface area contributed by atoms with Crippen LogP contribution in [0.2, 0.25) is 0 Å². The van der Waals surface area contributed by atoms with Crippen molar-refractivity contribution in [1.29, 1.82) is 0 Å². The lowest BCUT2D eigenvalue weighted by Gasteiger charge is -2.10. The zero-order chi connectivity index (χ0) is 23.6. The van der Waals surface area contributed by atoms with Gasteiger partial charge in [0.2, 0.25) is 5.91 Å². The van der Waals surface area contributed by atoms with Gasteiger partial charge in [0.15, 0.2) is 10.6 Å². The summed E-state index contributed by atoms with van der Waals surface area (Å²) in [4.78, 5) is 24.3. The number of anilines is 2. The van der Waals surface area contributed by atoms with Crippen LogP contribution in [-0.4, -0.2) is 54.2 Å². The van der Waals surface area contributed by atoms with Gasteiger partial charge in [0.1, 0.15) is 12.4 Å². The molecule has 0 aliphatic heterocycles. The minimum atomic E-state index is -0.601. The standard InChI is InChI=1S/C22H25N5O5S/c1-30-12-13-32-22(29)24-17-5-3-4-16(14-17)23-19(28)10-11-27-20(25-26-21(27)33)15-6-8-18(31-2)9-7-15/h3-9,14H,10-13H2,1-2H3,(H,23,28)(H,24,29)(H,26,33). The molecule has 0 unspecified atom stereocenters. The van der Waals surface area contributed by atoms with Gasteiger partial charge in [0.25, 0.3) is 0 Å². The molecule has 0 spiro atoms. The van der Waals surface area contributed by atoms with Gasteiger partial charge in [-0.15, -0.1) is 0 Å². The number of rotatable bonds is 10. The van der Waals surface area contributed by atoms with E-state index in [0.29, 0.717) is 35.1 Å². The van der Waals surface area contributed by atoms with Crippen molar-refractivity contribution in [1.82, 2.24) is 14.8 Å². The average molecular weight is 472 g/mol. The lowest BCUT2D eigenvalue weighted by molar-refractivity contribution is -0.116. The van der Waals surface area contributed by atoms with Crippen LogP contribution < -0.4 is 15.4 Å². The third-order valence-electron chi connectivity index (χ3n) is 4.58. The van der Waals surface area contributed by atoms with Crippen LogP contribution in [0.1, 0.15) is 6.42 Å². The summed E-state index contributed by atoms with van der Waals surface area (Å²) in [6.07, 6.45) is -0.427. The smallest absolute Gasteiger partial charge is 0.411 e. The molecule has 0 saturated heterocycles. The summed E-state index contributed by atoms with van der Waals surface area (Å²) in [6, 6.07) is 14.2. The Morgan fingerprint density at radius 1 is 1.06 bits per heavy atom. The summed E-state index contributed by atoms with van der Waals surface area (Å²) in [6.45, 7) is 0.796. The van der Waals surface area contributed by atoms with Crippen LogP contribution in [0.25, 0.3) is 11.4 Å². The van der Waals surface area contributed by atoms with E-state index >= 15 is 0 Å². The highest BCUT2D eigenvalue weighted by Gasteiger charge is 2.12. The minimum Gasteiger partial charge on any atom is -0.497 e. The third-order valence-corrected chi connectivity index (χ3v) is 4.89. The average Bonchev–Trinajstić information content (AvgIpc) is 3.18. The van der Waals surface area contributed by atoms with Crippen LogP contribution in [-0.2, 0) is 20.8 Å². The molecular formula is C22H25N5O5S. The van der Waals surface area contributed by atoms with Gasteiger partial charge in [0, 0.05) is 37.0 Å². The molecule has 1 aromatic heterocycles. The largest absolute Gasteiger partial charge is 0.497 e. The number of ether oxygens (including phenoxy) is 3. The Morgan fingerprint density at radius 3 is 2.48 bits per heavy atom. The van der Waals surface area contributed by atoms with Crippen LogP contribution in [0.5, 0.6) is 5.75 Å². The highest BCUT2D eigenvalue weighted by molar-refractivity contribution is 7.71. The molecule has 0 radical (unpaired) electrons. The van der Waals surface area contributed by atoms with Crippen molar-refractivity contribution in [2.24, 2.45) is 0 Å². The second-order valence-corrected chi connectivity index (χ2v) is 7.25. The summed E-state index contributed by atoms with van der Waals surface area (Å²) >= 11 is 5.33. The van der Waals surface area contributed by atoms with Gasteiger partial charge in [0.05, 0.1) is 13.7 Å². The van der Waals surface area contributed by atoms with E-state index in [1.165, 1.54) is 7.11 Å². The number of nitrogens with one attached hydrogen (secondary N) is 3. The molecule has 0 bridgehead atoms. The molecule has 3 rings (SSSR count). The normalized spacial score (nSPS) is 10.5. The fourth-order valence-electron chi connectivity index (χ4n) is 2.97. The Labute approximate surface area is 195 Å². The Bertz CT molecular complexity index is 1140. The monoisotopic (exact) mass is 471 g/mol. The van der Waals surface area contributed by atoms with Crippen LogP contribution in [0.4, 0.5) is 16.2 Å². The van der Waals surface area contributed by atoms with E-state index in [4.69, 9.17) is 26.4 Å².